The van der Waals surface area contributed by atoms with Crippen LogP contribution in [0.25, 0.3) is 0 Å². The van der Waals surface area contributed by atoms with Gasteiger partial charge in [-0.15, -0.1) is 10.2 Å². The molecule has 90 valence electrons. The fraction of sp³-hybridized carbons (Fsp3) is 0.545. The number of carboxylic acid groups (broad SMARTS) is 1. The van der Waals surface area contributed by atoms with Crippen LogP contribution in [0.15, 0.2) is 12.1 Å². The van der Waals surface area contributed by atoms with Crippen LogP contribution in [-0.2, 0) is 4.74 Å². The minimum absolute atomic E-state index is 0.0419. The summed E-state index contributed by atoms with van der Waals surface area (Å²) in [5, 5.41) is 19.4. The van der Waals surface area contributed by atoms with Gasteiger partial charge in [0.2, 0.25) is 0 Å². The van der Waals surface area contributed by atoms with Crippen molar-refractivity contribution in [1.82, 2.24) is 10.2 Å². The molecule has 0 saturated carbocycles. The van der Waals surface area contributed by atoms with Crippen LogP contribution in [0, 0.1) is 0 Å². The van der Waals surface area contributed by atoms with Gasteiger partial charge in [0.15, 0.2) is 5.69 Å². The molecule has 3 atom stereocenters. The Morgan fingerprint density at radius 3 is 2.82 bits per heavy atom. The summed E-state index contributed by atoms with van der Waals surface area (Å²) in [7, 11) is 0. The molecule has 6 heteroatoms. The van der Waals surface area contributed by atoms with Crippen LogP contribution in [0.2, 0.25) is 0 Å². The first-order valence-corrected chi connectivity index (χ1v) is 5.71. The number of hydrogen-bond acceptors (Lipinski definition) is 5. The molecule has 0 spiro atoms. The van der Waals surface area contributed by atoms with E-state index in [0.29, 0.717) is 11.9 Å². The van der Waals surface area contributed by atoms with E-state index in [4.69, 9.17) is 9.84 Å². The molecule has 2 aliphatic rings. The van der Waals surface area contributed by atoms with E-state index in [2.05, 4.69) is 15.5 Å². The average Bonchev–Trinajstić information content (AvgIpc) is 2.91. The van der Waals surface area contributed by atoms with E-state index in [1.165, 1.54) is 6.07 Å². The number of rotatable bonds is 3. The molecule has 0 amide bonds. The lowest BCUT2D eigenvalue weighted by atomic mass is 9.95. The van der Waals surface area contributed by atoms with E-state index in [1.54, 1.807) is 6.07 Å². The highest BCUT2D eigenvalue weighted by atomic mass is 16.5. The maximum absolute atomic E-state index is 10.6. The maximum atomic E-state index is 10.6. The monoisotopic (exact) mass is 235 g/mol. The van der Waals surface area contributed by atoms with Crippen molar-refractivity contribution >= 4 is 11.8 Å². The molecule has 2 N–H and O–H groups in total. The van der Waals surface area contributed by atoms with E-state index in [9.17, 15) is 4.79 Å². The van der Waals surface area contributed by atoms with E-state index >= 15 is 0 Å². The molecule has 0 aliphatic carbocycles. The molecule has 2 aliphatic heterocycles. The molecular formula is C11H13N3O3. The van der Waals surface area contributed by atoms with E-state index in [0.717, 1.165) is 19.3 Å². The van der Waals surface area contributed by atoms with Gasteiger partial charge >= 0.3 is 5.97 Å². The van der Waals surface area contributed by atoms with Gasteiger partial charge in [0, 0.05) is 0 Å². The SMILES string of the molecule is O=C(O)c1ccc(NC2CC3CCC2O3)nn1. The quantitative estimate of drug-likeness (QED) is 0.810. The molecule has 6 nitrogen and oxygen atoms in total. The molecule has 2 bridgehead atoms. The van der Waals surface area contributed by atoms with Crippen LogP contribution in [0.1, 0.15) is 29.8 Å². The lowest BCUT2D eigenvalue weighted by Crippen LogP contribution is -2.30. The van der Waals surface area contributed by atoms with Crippen LogP contribution in [0.3, 0.4) is 0 Å². The summed E-state index contributed by atoms with van der Waals surface area (Å²) < 4.78 is 5.71. The Balaban J connectivity index is 1.67. The summed E-state index contributed by atoms with van der Waals surface area (Å²) in [5.74, 6) is -0.455. The Hall–Kier alpha value is -1.69. The van der Waals surface area contributed by atoms with Gasteiger partial charge in [0.25, 0.3) is 0 Å². The molecule has 0 aromatic carbocycles. The fourth-order valence-electron chi connectivity index (χ4n) is 2.50. The summed E-state index contributed by atoms with van der Waals surface area (Å²) in [6.45, 7) is 0. The van der Waals surface area contributed by atoms with E-state index < -0.39 is 5.97 Å². The molecule has 3 heterocycles. The van der Waals surface area contributed by atoms with Gasteiger partial charge in [-0.25, -0.2) is 4.79 Å². The molecule has 3 unspecified atom stereocenters. The van der Waals surface area contributed by atoms with Crippen molar-refractivity contribution in [2.75, 3.05) is 5.32 Å². The Morgan fingerprint density at radius 1 is 1.41 bits per heavy atom. The second-order valence-corrected chi connectivity index (χ2v) is 4.47. The van der Waals surface area contributed by atoms with Crippen molar-refractivity contribution in [3.63, 3.8) is 0 Å². The molecule has 1 aromatic rings. The number of nitrogens with zero attached hydrogens (tertiary/aromatic N) is 2. The zero-order chi connectivity index (χ0) is 11.8. The summed E-state index contributed by atoms with van der Waals surface area (Å²) in [6.07, 6.45) is 3.87. The molecule has 2 fully saturated rings. The normalized spacial score (nSPS) is 30.5. The third-order valence-corrected chi connectivity index (χ3v) is 3.32. The Kier molecular flexibility index (Phi) is 2.44. The third kappa shape index (κ3) is 1.95. The first-order chi connectivity index (χ1) is 8.22. The van der Waals surface area contributed by atoms with Crippen molar-refractivity contribution in [1.29, 1.82) is 0 Å². The Bertz CT molecular complexity index is 434. The zero-order valence-electron chi connectivity index (χ0n) is 9.17. The van der Waals surface area contributed by atoms with Crippen molar-refractivity contribution in [3.8, 4) is 0 Å². The van der Waals surface area contributed by atoms with Gasteiger partial charge in [0.05, 0.1) is 18.2 Å². The van der Waals surface area contributed by atoms with Gasteiger partial charge < -0.3 is 15.2 Å². The van der Waals surface area contributed by atoms with Crippen LogP contribution in [0.4, 0.5) is 5.82 Å². The van der Waals surface area contributed by atoms with Gasteiger partial charge in [-0.2, -0.15) is 0 Å². The second kappa shape index (κ2) is 3.96. The highest BCUT2D eigenvalue weighted by Crippen LogP contribution is 2.35. The van der Waals surface area contributed by atoms with Crippen LogP contribution >= 0.6 is 0 Å². The maximum Gasteiger partial charge on any atom is 0.356 e. The van der Waals surface area contributed by atoms with Gasteiger partial charge in [-0.05, 0) is 31.4 Å². The van der Waals surface area contributed by atoms with Crippen molar-refractivity contribution in [3.05, 3.63) is 17.8 Å². The molecule has 1 aromatic heterocycles. The van der Waals surface area contributed by atoms with Crippen LogP contribution < -0.4 is 5.32 Å². The van der Waals surface area contributed by atoms with Crippen LogP contribution in [0.5, 0.6) is 0 Å². The highest BCUT2D eigenvalue weighted by molar-refractivity contribution is 5.85. The molecule has 17 heavy (non-hydrogen) atoms. The lowest BCUT2D eigenvalue weighted by Gasteiger charge is -2.20. The molecule has 3 rings (SSSR count). The van der Waals surface area contributed by atoms with Crippen molar-refractivity contribution in [2.24, 2.45) is 0 Å². The summed E-state index contributed by atoms with van der Waals surface area (Å²) in [6, 6.07) is 3.37. The van der Waals surface area contributed by atoms with Gasteiger partial charge in [-0.1, -0.05) is 0 Å². The number of carbonyl (C=O) groups is 1. The number of hydrogen-bond donors (Lipinski definition) is 2. The number of fused-ring (bicyclic) bond motifs is 2. The lowest BCUT2D eigenvalue weighted by molar-refractivity contribution is 0.0689. The number of anilines is 1. The largest absolute Gasteiger partial charge is 0.476 e. The van der Waals surface area contributed by atoms with Gasteiger partial charge in [-0.3, -0.25) is 0 Å². The van der Waals surface area contributed by atoms with E-state index in [-0.39, 0.29) is 17.8 Å². The second-order valence-electron chi connectivity index (χ2n) is 4.47. The minimum Gasteiger partial charge on any atom is -0.476 e. The molecule has 2 saturated heterocycles. The van der Waals surface area contributed by atoms with Crippen molar-refractivity contribution < 1.29 is 14.6 Å². The molecule has 0 radical (unpaired) electrons. The zero-order valence-corrected chi connectivity index (χ0v) is 9.17. The fourth-order valence-corrected chi connectivity index (χ4v) is 2.50. The van der Waals surface area contributed by atoms with Gasteiger partial charge in [0.1, 0.15) is 5.82 Å². The first-order valence-electron chi connectivity index (χ1n) is 5.71. The summed E-state index contributed by atoms with van der Waals surface area (Å²) >= 11 is 0. The number of carboxylic acids is 1. The average molecular weight is 235 g/mol. The third-order valence-electron chi connectivity index (χ3n) is 3.32. The number of aromatic carboxylic acids is 1. The van der Waals surface area contributed by atoms with Crippen LogP contribution in [-0.4, -0.2) is 39.5 Å². The predicted octanol–water partition coefficient (Wildman–Crippen LogP) is 0.907. The smallest absolute Gasteiger partial charge is 0.356 e. The number of nitrogens with one attached hydrogen (secondary N) is 1. The Morgan fingerprint density at radius 2 is 2.29 bits per heavy atom. The topological polar surface area (TPSA) is 84.3 Å². The summed E-state index contributed by atoms with van der Waals surface area (Å²) in [4.78, 5) is 10.6. The predicted molar refractivity (Wildman–Crippen MR) is 58.9 cm³/mol. The molecular weight excluding hydrogens is 222 g/mol. The number of ether oxygens (including phenoxy) is 1. The van der Waals surface area contributed by atoms with E-state index in [1.807, 2.05) is 0 Å². The Labute approximate surface area is 98.0 Å². The highest BCUT2D eigenvalue weighted by Gasteiger charge is 2.40. The standard InChI is InChI=1S/C11H13N3O3/c15-11(16)7-2-4-10(14-13-7)12-8-5-6-1-3-9(8)17-6/h2,4,6,8-9H,1,3,5H2,(H,12,14)(H,15,16). The number of aromatic nitrogens is 2. The minimum atomic E-state index is -1.06. The first kappa shape index (κ1) is 10.5. The van der Waals surface area contributed by atoms with Crippen molar-refractivity contribution in [2.45, 2.75) is 37.5 Å². The summed E-state index contributed by atoms with van der Waals surface area (Å²) in [5.41, 5.74) is -0.0419.